The van der Waals surface area contributed by atoms with E-state index >= 15 is 0 Å². The molecule has 19 heavy (non-hydrogen) atoms. The third kappa shape index (κ3) is 3.05. The first-order valence-electron chi connectivity index (χ1n) is 6.44. The Labute approximate surface area is 113 Å². The summed E-state index contributed by atoms with van der Waals surface area (Å²) in [5.41, 5.74) is 1.91. The Hall–Kier alpha value is -1.59. The summed E-state index contributed by atoms with van der Waals surface area (Å²) in [6, 6.07) is 5.82. The van der Waals surface area contributed by atoms with Crippen LogP contribution in [-0.4, -0.2) is 47.3 Å². The first kappa shape index (κ1) is 13.8. The van der Waals surface area contributed by atoms with Crippen LogP contribution in [-0.2, 0) is 13.2 Å². The molecular weight excluding hydrogens is 242 g/mol. The van der Waals surface area contributed by atoms with E-state index in [9.17, 15) is 5.11 Å². The van der Waals surface area contributed by atoms with Crippen LogP contribution in [0.1, 0.15) is 12.2 Å². The number of methoxy groups -OCH3 is 1. The summed E-state index contributed by atoms with van der Waals surface area (Å²) in [6.07, 6.45) is 1.03. The van der Waals surface area contributed by atoms with Crippen LogP contribution < -0.4 is 4.74 Å². The van der Waals surface area contributed by atoms with E-state index in [1.165, 1.54) is 0 Å². The van der Waals surface area contributed by atoms with E-state index in [0.717, 1.165) is 36.3 Å². The first-order chi connectivity index (χ1) is 9.15. The molecule has 0 amide bonds. The van der Waals surface area contributed by atoms with Crippen LogP contribution in [0.3, 0.4) is 0 Å². The maximum Gasteiger partial charge on any atom is 0.135 e. The highest BCUT2D eigenvalue weighted by Gasteiger charge is 2.10. The van der Waals surface area contributed by atoms with E-state index < -0.39 is 0 Å². The number of aliphatic hydroxyl groups excluding tert-OH is 1. The van der Waals surface area contributed by atoms with E-state index in [-0.39, 0.29) is 6.61 Å². The fourth-order valence-corrected chi connectivity index (χ4v) is 2.20. The summed E-state index contributed by atoms with van der Waals surface area (Å²) < 4.78 is 7.28. The van der Waals surface area contributed by atoms with Gasteiger partial charge in [-0.05, 0) is 39.2 Å². The minimum atomic E-state index is -0.0427. The molecule has 1 heterocycles. The average Bonchev–Trinajstić information content (AvgIpc) is 2.75. The minimum absolute atomic E-state index is 0.0427. The van der Waals surface area contributed by atoms with Crippen LogP contribution >= 0.6 is 0 Å². The zero-order chi connectivity index (χ0) is 13.8. The molecule has 1 aromatic carbocycles. The highest BCUT2D eigenvalue weighted by Crippen LogP contribution is 2.22. The number of nitrogens with zero attached hydrogens (tertiary/aromatic N) is 3. The highest BCUT2D eigenvalue weighted by molar-refractivity contribution is 5.77. The molecule has 0 aliphatic rings. The number of aromatic nitrogens is 2. The van der Waals surface area contributed by atoms with E-state index in [1.807, 2.05) is 18.2 Å². The van der Waals surface area contributed by atoms with Gasteiger partial charge in [-0.2, -0.15) is 0 Å². The normalized spacial score (nSPS) is 11.4. The quantitative estimate of drug-likeness (QED) is 0.858. The second-order valence-corrected chi connectivity index (χ2v) is 4.85. The van der Waals surface area contributed by atoms with Crippen molar-refractivity contribution in [3.63, 3.8) is 0 Å². The summed E-state index contributed by atoms with van der Waals surface area (Å²) in [5, 5.41) is 9.43. The Morgan fingerprint density at radius 3 is 2.79 bits per heavy atom. The van der Waals surface area contributed by atoms with E-state index in [4.69, 9.17) is 4.74 Å². The standard InChI is InChI=1S/C14H21N3O2/c1-16(2)7-4-8-17-13-6-5-11(19-3)9-12(13)15-14(17)10-18/h5-6,9,18H,4,7-8,10H2,1-3H3. The van der Waals surface area contributed by atoms with Crippen LogP contribution in [0.4, 0.5) is 0 Å². The SMILES string of the molecule is COc1ccc2c(c1)nc(CO)n2CCCN(C)C. The van der Waals surface area contributed by atoms with Crippen molar-refractivity contribution in [1.82, 2.24) is 14.5 Å². The van der Waals surface area contributed by atoms with Gasteiger partial charge in [0.05, 0.1) is 18.1 Å². The summed E-state index contributed by atoms with van der Waals surface area (Å²) in [5.74, 6) is 1.50. The molecule has 0 unspecified atom stereocenters. The molecule has 2 aromatic rings. The van der Waals surface area contributed by atoms with Gasteiger partial charge in [0, 0.05) is 12.6 Å². The van der Waals surface area contributed by atoms with Gasteiger partial charge in [0.2, 0.25) is 0 Å². The Morgan fingerprint density at radius 2 is 2.16 bits per heavy atom. The molecule has 0 bridgehead atoms. The van der Waals surface area contributed by atoms with Gasteiger partial charge in [-0.15, -0.1) is 0 Å². The molecular formula is C14H21N3O2. The van der Waals surface area contributed by atoms with Gasteiger partial charge in [-0.3, -0.25) is 0 Å². The Balaban J connectivity index is 2.29. The Bertz CT molecular complexity index is 549. The highest BCUT2D eigenvalue weighted by atomic mass is 16.5. The number of imidazole rings is 1. The van der Waals surface area contributed by atoms with Crippen LogP contribution in [0.15, 0.2) is 18.2 Å². The van der Waals surface area contributed by atoms with Gasteiger partial charge in [0.25, 0.3) is 0 Å². The van der Waals surface area contributed by atoms with Gasteiger partial charge in [0.1, 0.15) is 18.2 Å². The molecule has 5 nitrogen and oxygen atoms in total. The molecule has 0 radical (unpaired) electrons. The number of aryl methyl sites for hydroxylation is 1. The lowest BCUT2D eigenvalue weighted by Crippen LogP contribution is -2.15. The van der Waals surface area contributed by atoms with E-state index in [0.29, 0.717) is 5.82 Å². The summed E-state index contributed by atoms with van der Waals surface area (Å²) in [6.45, 7) is 1.83. The molecule has 1 aromatic heterocycles. The molecule has 5 heteroatoms. The Kier molecular flexibility index (Phi) is 4.39. The third-order valence-electron chi connectivity index (χ3n) is 3.16. The average molecular weight is 263 g/mol. The summed E-state index contributed by atoms with van der Waals surface area (Å²) >= 11 is 0. The lowest BCUT2D eigenvalue weighted by Gasteiger charge is -2.11. The fourth-order valence-electron chi connectivity index (χ4n) is 2.20. The third-order valence-corrected chi connectivity index (χ3v) is 3.16. The molecule has 0 spiro atoms. The van der Waals surface area contributed by atoms with Gasteiger partial charge in [-0.25, -0.2) is 4.98 Å². The molecule has 104 valence electrons. The first-order valence-corrected chi connectivity index (χ1v) is 6.44. The number of rotatable bonds is 6. The summed E-state index contributed by atoms with van der Waals surface area (Å²) in [4.78, 5) is 6.61. The van der Waals surface area contributed by atoms with Crippen molar-refractivity contribution in [3.8, 4) is 5.75 Å². The predicted octanol–water partition coefficient (Wildman–Crippen LogP) is 1.49. The molecule has 2 rings (SSSR count). The van der Waals surface area contributed by atoms with Crippen molar-refractivity contribution >= 4 is 11.0 Å². The van der Waals surface area contributed by atoms with Crippen LogP contribution in [0, 0.1) is 0 Å². The second kappa shape index (κ2) is 6.04. The number of hydrogen-bond acceptors (Lipinski definition) is 4. The molecule has 0 saturated heterocycles. The van der Waals surface area contributed by atoms with Gasteiger partial charge in [-0.1, -0.05) is 0 Å². The van der Waals surface area contributed by atoms with Crippen LogP contribution in [0.2, 0.25) is 0 Å². The number of aliphatic hydroxyl groups is 1. The molecule has 1 N–H and O–H groups in total. The Morgan fingerprint density at radius 1 is 1.37 bits per heavy atom. The maximum absolute atomic E-state index is 9.43. The molecule has 0 atom stereocenters. The van der Waals surface area contributed by atoms with Gasteiger partial charge in [0.15, 0.2) is 0 Å². The molecule has 0 saturated carbocycles. The zero-order valence-electron chi connectivity index (χ0n) is 11.8. The molecule has 0 aliphatic carbocycles. The number of fused-ring (bicyclic) bond motifs is 1. The van der Waals surface area contributed by atoms with Crippen molar-refractivity contribution in [2.24, 2.45) is 0 Å². The lowest BCUT2D eigenvalue weighted by atomic mass is 10.3. The summed E-state index contributed by atoms with van der Waals surface area (Å²) in [7, 11) is 5.76. The van der Waals surface area contributed by atoms with E-state index in [2.05, 4.69) is 28.5 Å². The van der Waals surface area contributed by atoms with Crippen LogP contribution in [0.25, 0.3) is 11.0 Å². The number of hydrogen-bond donors (Lipinski definition) is 1. The predicted molar refractivity (Wildman–Crippen MR) is 75.4 cm³/mol. The molecule has 0 aliphatic heterocycles. The number of ether oxygens (including phenoxy) is 1. The van der Waals surface area contributed by atoms with Gasteiger partial charge < -0.3 is 19.3 Å². The monoisotopic (exact) mass is 263 g/mol. The topological polar surface area (TPSA) is 50.5 Å². The largest absolute Gasteiger partial charge is 0.497 e. The smallest absolute Gasteiger partial charge is 0.135 e. The maximum atomic E-state index is 9.43. The second-order valence-electron chi connectivity index (χ2n) is 4.85. The van der Waals surface area contributed by atoms with Crippen molar-refractivity contribution < 1.29 is 9.84 Å². The lowest BCUT2D eigenvalue weighted by molar-refractivity contribution is 0.264. The fraction of sp³-hybridized carbons (Fsp3) is 0.500. The molecule has 0 fully saturated rings. The van der Waals surface area contributed by atoms with Crippen molar-refractivity contribution in [1.29, 1.82) is 0 Å². The minimum Gasteiger partial charge on any atom is -0.497 e. The van der Waals surface area contributed by atoms with Gasteiger partial charge >= 0.3 is 0 Å². The van der Waals surface area contributed by atoms with E-state index in [1.54, 1.807) is 7.11 Å². The van der Waals surface area contributed by atoms with Crippen LogP contribution in [0.5, 0.6) is 5.75 Å². The zero-order valence-corrected chi connectivity index (χ0v) is 11.8. The van der Waals surface area contributed by atoms with Crippen molar-refractivity contribution in [2.75, 3.05) is 27.7 Å². The van der Waals surface area contributed by atoms with Crippen molar-refractivity contribution in [3.05, 3.63) is 24.0 Å². The number of benzene rings is 1. The van der Waals surface area contributed by atoms with Crippen molar-refractivity contribution in [2.45, 2.75) is 19.6 Å².